The van der Waals surface area contributed by atoms with Gasteiger partial charge in [0.2, 0.25) is 0 Å². The average Bonchev–Trinajstić information content (AvgIpc) is 2.27. The summed E-state index contributed by atoms with van der Waals surface area (Å²) in [5.41, 5.74) is -1.04. The topological polar surface area (TPSA) is 61.1 Å². The van der Waals surface area contributed by atoms with Gasteiger partial charge in [0.05, 0.1) is 23.5 Å². The minimum absolute atomic E-state index is 0.146. The van der Waals surface area contributed by atoms with Gasteiger partial charge in [-0.1, -0.05) is 6.92 Å². The van der Waals surface area contributed by atoms with Gasteiger partial charge >= 0.3 is 0 Å². The number of fused-ring (bicyclic) bond motifs is 2. The number of hydrogen-bond acceptors (Lipinski definition) is 3. The maximum atomic E-state index is 11.0. The lowest BCUT2D eigenvalue weighted by Gasteiger charge is -2.34. The SMILES string of the molecule is C[C@@]12CCC[C@@](O)(C1)C(C=O)C2C#N. The first-order valence-corrected chi connectivity index (χ1v) is 5.13. The Hall–Kier alpha value is -0.880. The maximum Gasteiger partial charge on any atom is 0.127 e. The zero-order chi connectivity index (χ0) is 10.4. The van der Waals surface area contributed by atoms with E-state index in [4.69, 9.17) is 5.26 Å². The Balaban J connectivity index is 2.43. The molecule has 0 amide bonds. The highest BCUT2D eigenvalue weighted by Crippen LogP contribution is 2.58. The molecule has 0 saturated heterocycles. The Labute approximate surface area is 83.7 Å². The van der Waals surface area contributed by atoms with Gasteiger partial charge in [-0.15, -0.1) is 0 Å². The standard InChI is InChI=1S/C11H15NO2/c1-10-3-2-4-11(14,7-10)9(6-13)8(10)5-12/h6,8-9,14H,2-4,7H2,1H3/t8?,9?,10-,11-/m1/s1. The highest BCUT2D eigenvalue weighted by atomic mass is 16.3. The molecule has 3 heteroatoms. The number of rotatable bonds is 1. The first kappa shape index (κ1) is 9.67. The van der Waals surface area contributed by atoms with Crippen molar-refractivity contribution in [3.8, 4) is 6.07 Å². The van der Waals surface area contributed by atoms with Crippen LogP contribution in [0.5, 0.6) is 0 Å². The van der Waals surface area contributed by atoms with Crippen molar-refractivity contribution in [2.24, 2.45) is 17.3 Å². The van der Waals surface area contributed by atoms with Gasteiger partial charge in [0, 0.05) is 0 Å². The van der Waals surface area contributed by atoms with Gasteiger partial charge in [0.25, 0.3) is 0 Å². The molecule has 76 valence electrons. The molecule has 4 atom stereocenters. The van der Waals surface area contributed by atoms with Crippen LogP contribution in [-0.2, 0) is 4.79 Å². The van der Waals surface area contributed by atoms with E-state index in [-0.39, 0.29) is 11.3 Å². The molecule has 0 spiro atoms. The fourth-order valence-corrected chi connectivity index (χ4v) is 3.41. The number of nitriles is 1. The van der Waals surface area contributed by atoms with Gasteiger partial charge < -0.3 is 9.90 Å². The molecule has 1 N–H and O–H groups in total. The van der Waals surface area contributed by atoms with Crippen LogP contribution >= 0.6 is 0 Å². The number of aldehydes is 1. The van der Waals surface area contributed by atoms with E-state index in [9.17, 15) is 9.90 Å². The Morgan fingerprint density at radius 1 is 1.57 bits per heavy atom. The quantitative estimate of drug-likeness (QED) is 0.638. The lowest BCUT2D eigenvalue weighted by atomic mass is 9.72. The van der Waals surface area contributed by atoms with Crippen molar-refractivity contribution >= 4 is 6.29 Å². The smallest absolute Gasteiger partial charge is 0.127 e. The predicted molar refractivity (Wildman–Crippen MR) is 50.2 cm³/mol. The third-order valence-corrected chi connectivity index (χ3v) is 4.08. The van der Waals surface area contributed by atoms with Crippen molar-refractivity contribution in [2.45, 2.75) is 38.2 Å². The second-order valence-electron chi connectivity index (χ2n) is 5.06. The van der Waals surface area contributed by atoms with Crippen molar-refractivity contribution < 1.29 is 9.90 Å². The molecule has 2 rings (SSSR count). The normalized spacial score (nSPS) is 51.2. The van der Waals surface area contributed by atoms with Crippen LogP contribution in [0.25, 0.3) is 0 Å². The molecule has 2 bridgehead atoms. The minimum Gasteiger partial charge on any atom is -0.389 e. The molecule has 2 aliphatic carbocycles. The van der Waals surface area contributed by atoms with Crippen molar-refractivity contribution in [3.63, 3.8) is 0 Å². The molecule has 2 aliphatic rings. The average molecular weight is 193 g/mol. The molecule has 0 aliphatic heterocycles. The van der Waals surface area contributed by atoms with Crippen LogP contribution in [0.1, 0.15) is 32.6 Å². The number of carbonyl (C=O) groups is 1. The van der Waals surface area contributed by atoms with E-state index in [0.717, 1.165) is 19.1 Å². The van der Waals surface area contributed by atoms with Crippen molar-refractivity contribution in [1.29, 1.82) is 5.26 Å². The lowest BCUT2D eigenvalue weighted by molar-refractivity contribution is -0.119. The summed E-state index contributed by atoms with van der Waals surface area (Å²) in [4.78, 5) is 11.0. The van der Waals surface area contributed by atoms with Gasteiger partial charge in [0.1, 0.15) is 6.29 Å². The summed E-state index contributed by atoms with van der Waals surface area (Å²) >= 11 is 0. The summed E-state index contributed by atoms with van der Waals surface area (Å²) in [6, 6.07) is 2.21. The molecule has 2 fully saturated rings. The Kier molecular flexibility index (Phi) is 1.94. The summed E-state index contributed by atoms with van der Waals surface area (Å²) in [7, 11) is 0. The maximum absolute atomic E-state index is 11.0. The second kappa shape index (κ2) is 2.80. The first-order chi connectivity index (χ1) is 6.56. The van der Waals surface area contributed by atoms with Crippen LogP contribution in [0, 0.1) is 28.6 Å². The summed E-state index contributed by atoms with van der Waals surface area (Å²) in [6.45, 7) is 2.02. The van der Waals surface area contributed by atoms with E-state index in [2.05, 4.69) is 6.07 Å². The van der Waals surface area contributed by atoms with Crippen LogP contribution in [0.2, 0.25) is 0 Å². The fourth-order valence-electron chi connectivity index (χ4n) is 3.41. The molecule has 0 heterocycles. The minimum atomic E-state index is -0.894. The summed E-state index contributed by atoms with van der Waals surface area (Å²) in [5, 5.41) is 19.3. The molecule has 0 aromatic carbocycles. The summed E-state index contributed by atoms with van der Waals surface area (Å²) < 4.78 is 0. The van der Waals surface area contributed by atoms with Crippen molar-refractivity contribution in [1.82, 2.24) is 0 Å². The molecular formula is C11H15NO2. The Bertz CT molecular complexity index is 309. The van der Waals surface area contributed by atoms with Crippen molar-refractivity contribution in [2.75, 3.05) is 0 Å². The van der Waals surface area contributed by atoms with E-state index < -0.39 is 11.5 Å². The van der Waals surface area contributed by atoms with E-state index in [0.29, 0.717) is 12.8 Å². The zero-order valence-electron chi connectivity index (χ0n) is 8.36. The van der Waals surface area contributed by atoms with Crippen LogP contribution in [-0.4, -0.2) is 17.0 Å². The molecule has 2 unspecified atom stereocenters. The largest absolute Gasteiger partial charge is 0.389 e. The van der Waals surface area contributed by atoms with Gasteiger partial charge in [-0.2, -0.15) is 5.26 Å². The van der Waals surface area contributed by atoms with Crippen LogP contribution < -0.4 is 0 Å². The Morgan fingerprint density at radius 3 is 2.86 bits per heavy atom. The van der Waals surface area contributed by atoms with E-state index in [1.54, 1.807) is 0 Å². The summed E-state index contributed by atoms with van der Waals surface area (Å²) in [5.74, 6) is -0.771. The van der Waals surface area contributed by atoms with Gasteiger partial charge in [0.15, 0.2) is 0 Å². The molecule has 0 radical (unpaired) electrons. The molecule has 0 aromatic rings. The van der Waals surface area contributed by atoms with Crippen LogP contribution in [0.4, 0.5) is 0 Å². The van der Waals surface area contributed by atoms with Crippen LogP contribution in [0.3, 0.4) is 0 Å². The molecule has 0 aromatic heterocycles. The van der Waals surface area contributed by atoms with E-state index >= 15 is 0 Å². The monoisotopic (exact) mass is 193 g/mol. The fraction of sp³-hybridized carbons (Fsp3) is 0.818. The third kappa shape index (κ3) is 1.04. The first-order valence-electron chi connectivity index (χ1n) is 5.13. The second-order valence-corrected chi connectivity index (χ2v) is 5.06. The number of hydrogen-bond donors (Lipinski definition) is 1. The van der Waals surface area contributed by atoms with Crippen molar-refractivity contribution in [3.05, 3.63) is 0 Å². The lowest BCUT2D eigenvalue weighted by Crippen LogP contribution is -2.36. The zero-order valence-corrected chi connectivity index (χ0v) is 8.36. The van der Waals surface area contributed by atoms with Crippen LogP contribution in [0.15, 0.2) is 0 Å². The molecule has 2 saturated carbocycles. The molecule has 14 heavy (non-hydrogen) atoms. The van der Waals surface area contributed by atoms with E-state index in [1.807, 2.05) is 6.92 Å². The third-order valence-electron chi connectivity index (χ3n) is 4.08. The highest BCUT2D eigenvalue weighted by Gasteiger charge is 2.60. The molecule has 3 nitrogen and oxygen atoms in total. The summed E-state index contributed by atoms with van der Waals surface area (Å²) in [6.07, 6.45) is 3.95. The predicted octanol–water partition coefficient (Wildman–Crippen LogP) is 1.27. The highest BCUT2D eigenvalue weighted by molar-refractivity contribution is 5.59. The van der Waals surface area contributed by atoms with Gasteiger partial charge in [-0.05, 0) is 31.1 Å². The van der Waals surface area contributed by atoms with Gasteiger partial charge in [-0.3, -0.25) is 0 Å². The Morgan fingerprint density at radius 2 is 2.29 bits per heavy atom. The number of aliphatic hydroxyl groups is 1. The van der Waals surface area contributed by atoms with E-state index in [1.165, 1.54) is 0 Å². The molecular weight excluding hydrogens is 178 g/mol. The van der Waals surface area contributed by atoms with Gasteiger partial charge in [-0.25, -0.2) is 0 Å². The number of nitrogens with zero attached hydrogens (tertiary/aromatic N) is 1. The number of carbonyl (C=O) groups excluding carboxylic acids is 1.